The Labute approximate surface area is 155 Å². The largest absolute Gasteiger partial charge is 0.464 e. The number of thioether (sulfide) groups is 1. The number of rotatable bonds is 5. The van der Waals surface area contributed by atoms with Crippen molar-refractivity contribution in [3.63, 3.8) is 0 Å². The molecule has 1 atom stereocenters. The highest BCUT2D eigenvalue weighted by molar-refractivity contribution is 8.18. The lowest BCUT2D eigenvalue weighted by Crippen LogP contribution is -2.42. The molecule has 3 rings (SSSR count). The van der Waals surface area contributed by atoms with Gasteiger partial charge in [-0.2, -0.15) is 0 Å². The fourth-order valence-electron chi connectivity index (χ4n) is 2.68. The van der Waals surface area contributed by atoms with Gasteiger partial charge in [0.25, 0.3) is 11.1 Å². The Hall–Kier alpha value is -2.26. The average molecular weight is 380 g/mol. The topological polar surface area (TPSA) is 89.3 Å². The minimum atomic E-state index is -0.964. The van der Waals surface area contributed by atoms with Crippen molar-refractivity contribution in [2.45, 2.75) is 19.9 Å². The van der Waals surface area contributed by atoms with E-state index in [9.17, 15) is 14.4 Å². The van der Waals surface area contributed by atoms with Gasteiger partial charge in [-0.15, -0.1) is 0 Å². The fraction of sp³-hybridized carbons (Fsp3) is 0.471. The number of anilines is 1. The van der Waals surface area contributed by atoms with Crippen molar-refractivity contribution in [1.29, 1.82) is 0 Å². The quantitative estimate of drug-likeness (QED) is 0.567. The Morgan fingerprint density at radius 2 is 2.08 bits per heavy atom. The molecule has 140 valence electrons. The van der Waals surface area contributed by atoms with Gasteiger partial charge >= 0.3 is 5.97 Å². The van der Waals surface area contributed by atoms with Gasteiger partial charge in [-0.3, -0.25) is 14.5 Å². The molecule has 2 saturated heterocycles. The van der Waals surface area contributed by atoms with Crippen molar-refractivity contribution >= 4 is 40.8 Å². The normalized spacial score (nSPS) is 20.8. The first-order valence-corrected chi connectivity index (χ1v) is 9.19. The molecule has 0 bridgehead atoms. The summed E-state index contributed by atoms with van der Waals surface area (Å²) < 4.78 is 16.0. The molecule has 0 radical (unpaired) electrons. The first-order valence-electron chi connectivity index (χ1n) is 8.37. The zero-order valence-electron chi connectivity index (χ0n) is 14.6. The lowest BCUT2D eigenvalue weighted by Gasteiger charge is -2.26. The Balaban J connectivity index is 1.73. The molecular weight excluding hydrogens is 360 g/mol. The van der Waals surface area contributed by atoms with Gasteiger partial charge in [0.15, 0.2) is 5.88 Å². The van der Waals surface area contributed by atoms with E-state index in [-0.39, 0.29) is 11.5 Å². The second-order valence-electron chi connectivity index (χ2n) is 5.76. The molecule has 2 amide bonds. The number of hydrogen-bond donors (Lipinski definition) is 0. The molecule has 1 aromatic heterocycles. The molecule has 3 heterocycles. The molecule has 1 unspecified atom stereocenters. The summed E-state index contributed by atoms with van der Waals surface area (Å²) in [6.45, 7) is 6.08. The molecule has 2 aliphatic rings. The standard InChI is InChI=1S/C17H20N2O6S/c1-3-24-16(21)11(2)19-15(20)13(26-17(19)22)10-12-4-5-14(25-12)18-6-8-23-9-7-18/h4-5,10-11H,3,6-9H2,1-2H3/b13-10-. The molecule has 8 nitrogen and oxygen atoms in total. The summed E-state index contributed by atoms with van der Waals surface area (Å²) in [5, 5.41) is -0.498. The Kier molecular flexibility index (Phi) is 5.67. The van der Waals surface area contributed by atoms with E-state index in [2.05, 4.69) is 4.90 Å². The lowest BCUT2D eigenvalue weighted by molar-refractivity contribution is -0.150. The van der Waals surface area contributed by atoms with E-state index in [1.807, 2.05) is 6.07 Å². The van der Waals surface area contributed by atoms with Crippen LogP contribution in [0.25, 0.3) is 6.08 Å². The number of morpholine rings is 1. The number of furan rings is 1. The zero-order valence-corrected chi connectivity index (χ0v) is 15.4. The van der Waals surface area contributed by atoms with Gasteiger partial charge in [0, 0.05) is 25.2 Å². The van der Waals surface area contributed by atoms with Gasteiger partial charge in [-0.1, -0.05) is 0 Å². The first-order chi connectivity index (χ1) is 12.5. The number of esters is 1. The Bertz CT molecular complexity index is 737. The molecule has 2 aliphatic heterocycles. The van der Waals surface area contributed by atoms with Crippen molar-refractivity contribution in [3.8, 4) is 0 Å². The second kappa shape index (κ2) is 7.96. The number of ether oxygens (including phenoxy) is 2. The number of hydrogen-bond acceptors (Lipinski definition) is 8. The number of carbonyl (C=O) groups is 3. The number of carbonyl (C=O) groups excluding carboxylic acids is 3. The van der Waals surface area contributed by atoms with Gasteiger partial charge < -0.3 is 18.8 Å². The average Bonchev–Trinajstić information content (AvgIpc) is 3.20. The van der Waals surface area contributed by atoms with Gasteiger partial charge in [-0.25, -0.2) is 4.79 Å². The van der Waals surface area contributed by atoms with Crippen molar-refractivity contribution < 1.29 is 28.3 Å². The van der Waals surface area contributed by atoms with Crippen LogP contribution >= 0.6 is 11.8 Å². The third kappa shape index (κ3) is 3.78. The monoisotopic (exact) mass is 380 g/mol. The summed E-state index contributed by atoms with van der Waals surface area (Å²) in [5.41, 5.74) is 0. The van der Waals surface area contributed by atoms with Crippen LogP contribution in [0.15, 0.2) is 21.5 Å². The minimum absolute atomic E-state index is 0.186. The van der Waals surface area contributed by atoms with Crippen LogP contribution in [-0.2, 0) is 19.1 Å². The molecule has 0 spiro atoms. The van der Waals surface area contributed by atoms with Crippen LogP contribution in [-0.4, -0.2) is 61.0 Å². The Morgan fingerprint density at radius 1 is 1.35 bits per heavy atom. The molecule has 0 aromatic carbocycles. The summed E-state index contributed by atoms with van der Waals surface area (Å²) in [6, 6.07) is 2.60. The number of nitrogens with zero attached hydrogens (tertiary/aromatic N) is 2. The van der Waals surface area contributed by atoms with E-state index in [0.29, 0.717) is 24.9 Å². The predicted molar refractivity (Wildman–Crippen MR) is 95.6 cm³/mol. The highest BCUT2D eigenvalue weighted by Gasteiger charge is 2.41. The molecule has 2 fully saturated rings. The Morgan fingerprint density at radius 3 is 2.77 bits per heavy atom. The van der Waals surface area contributed by atoms with Crippen LogP contribution in [0.3, 0.4) is 0 Å². The van der Waals surface area contributed by atoms with E-state index in [0.717, 1.165) is 29.8 Å². The lowest BCUT2D eigenvalue weighted by atomic mass is 10.3. The van der Waals surface area contributed by atoms with Gasteiger partial charge in [0.05, 0.1) is 24.7 Å². The summed E-state index contributed by atoms with van der Waals surface area (Å²) in [4.78, 5) is 39.7. The summed E-state index contributed by atoms with van der Waals surface area (Å²) in [7, 11) is 0. The molecule has 9 heteroatoms. The van der Waals surface area contributed by atoms with Crippen LogP contribution in [0.5, 0.6) is 0 Å². The van der Waals surface area contributed by atoms with E-state index >= 15 is 0 Å². The summed E-state index contributed by atoms with van der Waals surface area (Å²) >= 11 is 0.782. The summed E-state index contributed by atoms with van der Waals surface area (Å²) in [6.07, 6.45) is 1.52. The smallest absolute Gasteiger partial charge is 0.329 e. The van der Waals surface area contributed by atoms with Crippen LogP contribution < -0.4 is 4.90 Å². The maximum Gasteiger partial charge on any atom is 0.329 e. The maximum atomic E-state index is 12.5. The van der Waals surface area contributed by atoms with Gasteiger partial charge in [-0.05, 0) is 31.7 Å². The van der Waals surface area contributed by atoms with Gasteiger partial charge in [0.1, 0.15) is 11.8 Å². The van der Waals surface area contributed by atoms with Crippen LogP contribution in [0.2, 0.25) is 0 Å². The highest BCUT2D eigenvalue weighted by Crippen LogP contribution is 2.34. The summed E-state index contributed by atoms with van der Waals surface area (Å²) in [5.74, 6) is 0.0352. The van der Waals surface area contributed by atoms with E-state index in [1.165, 1.54) is 13.0 Å². The van der Waals surface area contributed by atoms with Crippen molar-refractivity contribution in [3.05, 3.63) is 22.8 Å². The minimum Gasteiger partial charge on any atom is -0.464 e. The number of imide groups is 1. The van der Waals surface area contributed by atoms with Crippen molar-refractivity contribution in [2.24, 2.45) is 0 Å². The van der Waals surface area contributed by atoms with Crippen LogP contribution in [0.4, 0.5) is 10.7 Å². The van der Waals surface area contributed by atoms with E-state index in [4.69, 9.17) is 13.9 Å². The third-order valence-electron chi connectivity index (χ3n) is 4.05. The maximum absolute atomic E-state index is 12.5. The number of amides is 2. The molecule has 1 aromatic rings. The molecule has 0 aliphatic carbocycles. The van der Waals surface area contributed by atoms with E-state index < -0.39 is 23.2 Å². The first kappa shape index (κ1) is 18.5. The van der Waals surface area contributed by atoms with Gasteiger partial charge in [0.2, 0.25) is 0 Å². The molecule has 0 N–H and O–H groups in total. The van der Waals surface area contributed by atoms with Crippen molar-refractivity contribution in [2.75, 3.05) is 37.8 Å². The highest BCUT2D eigenvalue weighted by atomic mass is 32.2. The SMILES string of the molecule is CCOC(=O)C(C)N1C(=O)S/C(=C\c2ccc(N3CCOCC3)o2)C1=O. The molecule has 26 heavy (non-hydrogen) atoms. The predicted octanol–water partition coefficient (Wildman–Crippen LogP) is 2.10. The van der Waals surface area contributed by atoms with E-state index in [1.54, 1.807) is 13.0 Å². The third-order valence-corrected chi connectivity index (χ3v) is 4.93. The zero-order chi connectivity index (χ0) is 18.7. The fourth-order valence-corrected chi connectivity index (χ4v) is 3.57. The molecule has 0 saturated carbocycles. The van der Waals surface area contributed by atoms with Crippen molar-refractivity contribution in [1.82, 2.24) is 4.90 Å². The molecular formula is C17H20N2O6S. The second-order valence-corrected chi connectivity index (χ2v) is 6.75. The van der Waals surface area contributed by atoms with Crippen LogP contribution in [0.1, 0.15) is 19.6 Å². The van der Waals surface area contributed by atoms with Crippen LogP contribution in [0, 0.1) is 0 Å².